The van der Waals surface area contributed by atoms with Crippen molar-refractivity contribution < 1.29 is 9.53 Å². The van der Waals surface area contributed by atoms with Gasteiger partial charge in [0, 0.05) is 36.3 Å². The lowest BCUT2D eigenvalue weighted by atomic mass is 10.1. The Morgan fingerprint density at radius 2 is 1.94 bits per heavy atom. The van der Waals surface area contributed by atoms with Gasteiger partial charge in [-0.3, -0.25) is 9.69 Å². The SMILES string of the molecule is CCCCc1ccc(NC(=O)Cc2csc(-c3cccc(CN4CCOCC4)c3)n2)cc1. The molecule has 5 nitrogen and oxygen atoms in total. The maximum atomic E-state index is 12.5. The van der Waals surface area contributed by atoms with Crippen LogP contribution in [-0.2, 0) is 28.9 Å². The van der Waals surface area contributed by atoms with Crippen LogP contribution in [-0.4, -0.2) is 42.1 Å². The molecule has 0 saturated carbocycles. The monoisotopic (exact) mass is 449 g/mol. The Morgan fingerprint density at radius 3 is 2.72 bits per heavy atom. The number of nitrogens with one attached hydrogen (secondary N) is 1. The normalized spacial score (nSPS) is 14.4. The van der Waals surface area contributed by atoms with Crippen LogP contribution in [0.3, 0.4) is 0 Å². The molecule has 1 saturated heterocycles. The maximum absolute atomic E-state index is 12.5. The fraction of sp³-hybridized carbons (Fsp3) is 0.385. The second-order valence-corrected chi connectivity index (χ2v) is 9.12. The van der Waals surface area contributed by atoms with Crippen LogP contribution in [0.4, 0.5) is 5.69 Å². The Labute approximate surface area is 194 Å². The number of ether oxygens (including phenoxy) is 1. The number of rotatable bonds is 9. The summed E-state index contributed by atoms with van der Waals surface area (Å²) in [6.45, 7) is 6.68. The quantitative estimate of drug-likeness (QED) is 0.490. The first-order valence-electron chi connectivity index (χ1n) is 11.4. The number of aromatic nitrogens is 1. The van der Waals surface area contributed by atoms with E-state index in [0.29, 0.717) is 0 Å². The summed E-state index contributed by atoms with van der Waals surface area (Å²) in [5, 5.41) is 5.93. The molecule has 0 atom stereocenters. The number of amides is 1. The van der Waals surface area contributed by atoms with Crippen molar-refractivity contribution in [1.29, 1.82) is 0 Å². The van der Waals surface area contributed by atoms with Gasteiger partial charge in [0.05, 0.1) is 25.3 Å². The van der Waals surface area contributed by atoms with Crippen molar-refractivity contribution in [2.24, 2.45) is 0 Å². The summed E-state index contributed by atoms with van der Waals surface area (Å²) in [6, 6.07) is 16.7. The van der Waals surface area contributed by atoms with Gasteiger partial charge in [-0.25, -0.2) is 4.98 Å². The van der Waals surface area contributed by atoms with E-state index in [2.05, 4.69) is 53.5 Å². The number of anilines is 1. The van der Waals surface area contributed by atoms with Crippen molar-refractivity contribution in [3.8, 4) is 10.6 Å². The molecule has 0 spiro atoms. The molecule has 32 heavy (non-hydrogen) atoms. The van der Waals surface area contributed by atoms with Crippen LogP contribution in [0, 0.1) is 0 Å². The van der Waals surface area contributed by atoms with Crippen LogP contribution >= 0.6 is 11.3 Å². The first kappa shape index (κ1) is 22.6. The number of hydrogen-bond acceptors (Lipinski definition) is 5. The minimum Gasteiger partial charge on any atom is -0.379 e. The van der Waals surface area contributed by atoms with Gasteiger partial charge in [0.2, 0.25) is 5.91 Å². The Kier molecular flexibility index (Phi) is 8.04. The number of benzene rings is 2. The molecule has 0 bridgehead atoms. The highest BCUT2D eigenvalue weighted by Gasteiger charge is 2.13. The topological polar surface area (TPSA) is 54.5 Å². The molecule has 3 aromatic rings. The van der Waals surface area contributed by atoms with E-state index < -0.39 is 0 Å². The highest BCUT2D eigenvalue weighted by molar-refractivity contribution is 7.13. The van der Waals surface area contributed by atoms with Crippen molar-refractivity contribution in [3.63, 3.8) is 0 Å². The maximum Gasteiger partial charge on any atom is 0.230 e. The molecule has 1 amide bonds. The Bertz CT molecular complexity index is 1010. The summed E-state index contributed by atoms with van der Waals surface area (Å²) in [6.07, 6.45) is 3.74. The second-order valence-electron chi connectivity index (χ2n) is 8.26. The number of morpholine rings is 1. The van der Waals surface area contributed by atoms with Gasteiger partial charge >= 0.3 is 0 Å². The molecular weight excluding hydrogens is 418 g/mol. The third kappa shape index (κ3) is 6.48. The number of hydrogen-bond donors (Lipinski definition) is 1. The lowest BCUT2D eigenvalue weighted by molar-refractivity contribution is -0.115. The summed E-state index contributed by atoms with van der Waals surface area (Å²) in [5.74, 6) is -0.0378. The zero-order valence-corrected chi connectivity index (χ0v) is 19.5. The molecular formula is C26H31N3O2S. The van der Waals surface area contributed by atoms with E-state index in [1.165, 1.54) is 24.0 Å². The fourth-order valence-corrected chi connectivity index (χ4v) is 4.66. The number of aryl methyl sites for hydroxylation is 1. The van der Waals surface area contributed by atoms with E-state index in [1.807, 2.05) is 17.5 Å². The average molecular weight is 450 g/mol. The summed E-state index contributed by atoms with van der Waals surface area (Å²) < 4.78 is 5.44. The molecule has 2 aromatic carbocycles. The van der Waals surface area contributed by atoms with E-state index in [1.54, 1.807) is 11.3 Å². The molecule has 1 fully saturated rings. The van der Waals surface area contributed by atoms with Gasteiger partial charge < -0.3 is 10.1 Å². The van der Waals surface area contributed by atoms with Crippen LogP contribution in [0.25, 0.3) is 10.6 Å². The molecule has 0 radical (unpaired) electrons. The molecule has 1 aliphatic rings. The van der Waals surface area contributed by atoms with E-state index >= 15 is 0 Å². The van der Waals surface area contributed by atoms with Gasteiger partial charge in [0.25, 0.3) is 0 Å². The molecule has 6 heteroatoms. The number of carbonyl (C=O) groups excluding carboxylic acids is 1. The van der Waals surface area contributed by atoms with Crippen LogP contribution in [0.2, 0.25) is 0 Å². The predicted octanol–water partition coefficient (Wildman–Crippen LogP) is 5.17. The fourth-order valence-electron chi connectivity index (χ4n) is 3.85. The smallest absolute Gasteiger partial charge is 0.230 e. The van der Waals surface area contributed by atoms with Crippen molar-refractivity contribution in [2.75, 3.05) is 31.6 Å². The van der Waals surface area contributed by atoms with E-state index in [9.17, 15) is 4.79 Å². The lowest BCUT2D eigenvalue weighted by Crippen LogP contribution is -2.35. The van der Waals surface area contributed by atoms with Crippen molar-refractivity contribution in [2.45, 2.75) is 39.2 Å². The van der Waals surface area contributed by atoms with Crippen molar-refractivity contribution in [1.82, 2.24) is 9.88 Å². The number of nitrogens with zero attached hydrogens (tertiary/aromatic N) is 2. The number of carbonyl (C=O) groups is 1. The zero-order valence-electron chi connectivity index (χ0n) is 18.7. The van der Waals surface area contributed by atoms with Gasteiger partial charge in [-0.15, -0.1) is 11.3 Å². The average Bonchev–Trinajstić information content (AvgIpc) is 3.28. The third-order valence-electron chi connectivity index (χ3n) is 5.63. The van der Waals surface area contributed by atoms with Gasteiger partial charge in [-0.1, -0.05) is 43.7 Å². The molecule has 0 unspecified atom stereocenters. The minimum atomic E-state index is -0.0378. The molecule has 4 rings (SSSR count). The molecule has 1 aliphatic heterocycles. The molecule has 2 heterocycles. The number of thiazole rings is 1. The first-order chi connectivity index (χ1) is 15.7. The second kappa shape index (κ2) is 11.4. The number of unbranched alkanes of at least 4 members (excludes halogenated alkanes) is 1. The van der Waals surface area contributed by atoms with Gasteiger partial charge in [0.15, 0.2) is 0 Å². The molecule has 1 aromatic heterocycles. The summed E-state index contributed by atoms with van der Waals surface area (Å²) in [5.41, 5.74) is 5.34. The van der Waals surface area contributed by atoms with Crippen LogP contribution in [0.1, 0.15) is 36.6 Å². The molecule has 0 aliphatic carbocycles. The Hall–Kier alpha value is -2.54. The zero-order chi connectivity index (χ0) is 22.2. The third-order valence-corrected chi connectivity index (χ3v) is 6.57. The summed E-state index contributed by atoms with van der Waals surface area (Å²) in [4.78, 5) is 19.6. The van der Waals surface area contributed by atoms with Crippen LogP contribution in [0.5, 0.6) is 0 Å². The Balaban J connectivity index is 1.33. The lowest BCUT2D eigenvalue weighted by Gasteiger charge is -2.26. The van der Waals surface area contributed by atoms with Crippen LogP contribution < -0.4 is 5.32 Å². The van der Waals surface area contributed by atoms with Crippen molar-refractivity contribution in [3.05, 3.63) is 70.7 Å². The molecule has 168 valence electrons. The summed E-state index contributed by atoms with van der Waals surface area (Å²) >= 11 is 1.59. The van der Waals surface area contributed by atoms with E-state index in [-0.39, 0.29) is 12.3 Å². The largest absolute Gasteiger partial charge is 0.379 e. The minimum absolute atomic E-state index is 0.0378. The Morgan fingerprint density at radius 1 is 1.12 bits per heavy atom. The van der Waals surface area contributed by atoms with Crippen molar-refractivity contribution >= 4 is 22.9 Å². The van der Waals surface area contributed by atoms with Gasteiger partial charge in [-0.05, 0) is 42.2 Å². The standard InChI is InChI=1S/C26H31N3O2S/c1-2-3-5-20-8-10-23(11-9-20)27-25(30)17-24-19-32-26(28-24)22-7-4-6-21(16-22)18-29-12-14-31-15-13-29/h4,6-11,16,19H,2-3,5,12-15,17-18H2,1H3,(H,27,30). The first-order valence-corrected chi connectivity index (χ1v) is 12.3. The predicted molar refractivity (Wildman–Crippen MR) is 131 cm³/mol. The van der Waals surface area contributed by atoms with E-state index in [4.69, 9.17) is 9.72 Å². The highest BCUT2D eigenvalue weighted by Crippen LogP contribution is 2.25. The molecule has 1 N–H and O–H groups in total. The van der Waals surface area contributed by atoms with Gasteiger partial charge in [0.1, 0.15) is 5.01 Å². The highest BCUT2D eigenvalue weighted by atomic mass is 32.1. The summed E-state index contributed by atoms with van der Waals surface area (Å²) in [7, 11) is 0. The van der Waals surface area contributed by atoms with Crippen LogP contribution in [0.15, 0.2) is 53.9 Å². The van der Waals surface area contributed by atoms with E-state index in [0.717, 1.165) is 61.2 Å². The van der Waals surface area contributed by atoms with Gasteiger partial charge in [-0.2, -0.15) is 0 Å².